The van der Waals surface area contributed by atoms with Crippen LogP contribution in [0.2, 0.25) is 0 Å². The number of carbonyl (C=O) groups excluding carboxylic acids is 3. The predicted molar refractivity (Wildman–Crippen MR) is 111 cm³/mol. The van der Waals surface area contributed by atoms with Gasteiger partial charge < -0.3 is 10.5 Å². The van der Waals surface area contributed by atoms with Gasteiger partial charge in [0.05, 0.1) is 22.4 Å². The van der Waals surface area contributed by atoms with Crippen LogP contribution in [0.25, 0.3) is 0 Å². The lowest BCUT2D eigenvalue weighted by Crippen LogP contribution is -2.33. The van der Waals surface area contributed by atoms with Gasteiger partial charge >= 0.3 is 0 Å². The molecule has 150 valence electrons. The summed E-state index contributed by atoms with van der Waals surface area (Å²) in [5, 5.41) is 0. The van der Waals surface area contributed by atoms with Gasteiger partial charge in [-0.05, 0) is 31.5 Å². The number of anilines is 1. The number of hydrogen-bond donors (Lipinski definition) is 1. The highest BCUT2D eigenvalue weighted by Crippen LogP contribution is 2.35. The first-order valence-corrected chi connectivity index (χ1v) is 9.35. The van der Waals surface area contributed by atoms with Crippen molar-refractivity contribution in [2.24, 2.45) is 5.73 Å². The average molecular weight is 401 g/mol. The smallest absolute Gasteiger partial charge is 0.267 e. The van der Waals surface area contributed by atoms with E-state index in [-0.39, 0.29) is 29.1 Å². The van der Waals surface area contributed by atoms with Gasteiger partial charge in [-0.1, -0.05) is 42.5 Å². The van der Waals surface area contributed by atoms with Gasteiger partial charge in [-0.25, -0.2) is 9.88 Å². The van der Waals surface area contributed by atoms with Crippen LogP contribution in [0.15, 0.2) is 54.6 Å². The van der Waals surface area contributed by atoms with Crippen molar-refractivity contribution in [2.75, 3.05) is 4.90 Å². The molecule has 0 aliphatic carbocycles. The lowest BCUT2D eigenvalue weighted by Gasteiger charge is -2.21. The van der Waals surface area contributed by atoms with Crippen molar-refractivity contribution in [2.45, 2.75) is 20.5 Å². The standard InChI is InChI=1S/C23H19N3O4/c1-13-18(20(24)27)21(26-22(28)16-10-6-7-11-17(16)23(26)29)25-14(2)19(13)30-12-15-8-4-3-5-9-15/h3-11H,12H2,1-2H3,(H2,24,27). The Kier molecular flexibility index (Phi) is 4.79. The second kappa shape index (κ2) is 7.44. The minimum Gasteiger partial charge on any atom is -0.487 e. The van der Waals surface area contributed by atoms with Crippen LogP contribution in [0, 0.1) is 13.8 Å². The number of aryl methyl sites for hydroxylation is 1. The molecule has 3 amide bonds. The van der Waals surface area contributed by atoms with Crippen LogP contribution < -0.4 is 15.4 Å². The Morgan fingerprint density at radius 3 is 2.10 bits per heavy atom. The van der Waals surface area contributed by atoms with E-state index in [4.69, 9.17) is 10.5 Å². The maximum absolute atomic E-state index is 12.9. The molecule has 3 aromatic rings. The lowest BCUT2D eigenvalue weighted by molar-refractivity contribution is 0.0925. The molecule has 2 aromatic carbocycles. The summed E-state index contributed by atoms with van der Waals surface area (Å²) in [5.74, 6) is -1.55. The number of ether oxygens (including phenoxy) is 1. The lowest BCUT2D eigenvalue weighted by atomic mass is 10.1. The molecule has 1 aliphatic heterocycles. The predicted octanol–water partition coefficient (Wildman–Crippen LogP) is 3.18. The van der Waals surface area contributed by atoms with E-state index in [0.29, 0.717) is 17.0 Å². The quantitative estimate of drug-likeness (QED) is 0.662. The summed E-state index contributed by atoms with van der Waals surface area (Å²) in [6.45, 7) is 3.63. The van der Waals surface area contributed by atoms with E-state index in [2.05, 4.69) is 4.98 Å². The number of fused-ring (bicyclic) bond motifs is 1. The third-order valence-corrected chi connectivity index (χ3v) is 5.02. The largest absolute Gasteiger partial charge is 0.487 e. The molecule has 2 N–H and O–H groups in total. The highest BCUT2D eigenvalue weighted by Gasteiger charge is 2.40. The van der Waals surface area contributed by atoms with Crippen molar-refractivity contribution in [3.63, 3.8) is 0 Å². The molecule has 0 spiro atoms. The Bertz CT molecular complexity index is 1150. The molecule has 1 aliphatic rings. The van der Waals surface area contributed by atoms with Crippen molar-refractivity contribution < 1.29 is 19.1 Å². The summed E-state index contributed by atoms with van der Waals surface area (Å²) >= 11 is 0. The summed E-state index contributed by atoms with van der Waals surface area (Å²) in [6, 6.07) is 16.0. The van der Waals surface area contributed by atoms with Gasteiger partial charge in [0.2, 0.25) is 0 Å². The van der Waals surface area contributed by atoms with Gasteiger partial charge in [0.15, 0.2) is 5.82 Å². The molecular formula is C23H19N3O4. The summed E-state index contributed by atoms with van der Waals surface area (Å²) in [4.78, 5) is 43.4. The molecule has 0 radical (unpaired) electrons. The molecule has 0 bridgehead atoms. The van der Waals surface area contributed by atoms with E-state index in [1.165, 1.54) is 0 Å². The van der Waals surface area contributed by atoms with Crippen LogP contribution in [-0.4, -0.2) is 22.7 Å². The van der Waals surface area contributed by atoms with Crippen LogP contribution >= 0.6 is 0 Å². The SMILES string of the molecule is Cc1nc(N2C(=O)c3ccccc3C2=O)c(C(N)=O)c(C)c1OCc1ccccc1. The second-order valence-corrected chi connectivity index (χ2v) is 6.98. The van der Waals surface area contributed by atoms with Crippen molar-refractivity contribution in [1.82, 2.24) is 4.98 Å². The molecule has 0 saturated carbocycles. The molecule has 0 fully saturated rings. The maximum atomic E-state index is 12.9. The van der Waals surface area contributed by atoms with E-state index in [9.17, 15) is 14.4 Å². The van der Waals surface area contributed by atoms with E-state index in [1.807, 2.05) is 30.3 Å². The molecule has 2 heterocycles. The first-order chi connectivity index (χ1) is 14.4. The molecule has 7 nitrogen and oxygen atoms in total. The number of hydrogen-bond acceptors (Lipinski definition) is 5. The third kappa shape index (κ3) is 3.10. The van der Waals surface area contributed by atoms with Gasteiger partial charge in [0.25, 0.3) is 17.7 Å². The topological polar surface area (TPSA) is 103 Å². The minimum absolute atomic E-state index is 0.0156. The fraction of sp³-hybridized carbons (Fsp3) is 0.130. The number of imide groups is 1. The minimum atomic E-state index is -0.795. The van der Waals surface area contributed by atoms with Crippen LogP contribution in [-0.2, 0) is 6.61 Å². The number of carbonyl (C=O) groups is 3. The van der Waals surface area contributed by atoms with Crippen molar-refractivity contribution >= 4 is 23.5 Å². The molecule has 30 heavy (non-hydrogen) atoms. The molecule has 0 unspecified atom stereocenters. The van der Waals surface area contributed by atoms with Gasteiger partial charge in [-0.15, -0.1) is 0 Å². The fourth-order valence-electron chi connectivity index (χ4n) is 3.60. The van der Waals surface area contributed by atoms with E-state index in [1.54, 1.807) is 38.1 Å². The Morgan fingerprint density at radius 2 is 1.53 bits per heavy atom. The molecule has 4 rings (SSSR count). The summed E-state index contributed by atoms with van der Waals surface area (Å²) in [6.07, 6.45) is 0. The highest BCUT2D eigenvalue weighted by molar-refractivity contribution is 6.35. The van der Waals surface area contributed by atoms with Crippen molar-refractivity contribution in [3.8, 4) is 5.75 Å². The van der Waals surface area contributed by atoms with Gasteiger partial charge in [-0.3, -0.25) is 14.4 Å². The zero-order valence-electron chi connectivity index (χ0n) is 16.5. The number of nitrogens with two attached hydrogens (primary N) is 1. The summed E-state index contributed by atoms with van der Waals surface area (Å²) in [7, 11) is 0. The van der Waals surface area contributed by atoms with Gasteiger partial charge in [-0.2, -0.15) is 0 Å². The number of amides is 3. The number of nitrogens with zero attached hydrogens (tertiary/aromatic N) is 2. The van der Waals surface area contributed by atoms with E-state index < -0.39 is 17.7 Å². The normalized spacial score (nSPS) is 12.8. The first-order valence-electron chi connectivity index (χ1n) is 9.35. The number of rotatable bonds is 5. The Balaban J connectivity index is 1.78. The summed E-state index contributed by atoms with van der Waals surface area (Å²) < 4.78 is 5.92. The van der Waals surface area contributed by atoms with Crippen LogP contribution in [0.5, 0.6) is 5.75 Å². The van der Waals surface area contributed by atoms with E-state index in [0.717, 1.165) is 10.5 Å². The summed E-state index contributed by atoms with van der Waals surface area (Å²) in [5.41, 5.74) is 7.95. The molecule has 0 atom stereocenters. The van der Waals surface area contributed by atoms with Crippen molar-refractivity contribution in [3.05, 3.63) is 88.1 Å². The van der Waals surface area contributed by atoms with Crippen molar-refractivity contribution in [1.29, 1.82) is 0 Å². The Labute approximate surface area is 173 Å². The second-order valence-electron chi connectivity index (χ2n) is 6.98. The number of aromatic nitrogens is 1. The maximum Gasteiger partial charge on any atom is 0.267 e. The molecule has 0 saturated heterocycles. The van der Waals surface area contributed by atoms with Crippen LogP contribution in [0.1, 0.15) is 47.9 Å². The zero-order chi connectivity index (χ0) is 21.4. The Morgan fingerprint density at radius 1 is 0.967 bits per heavy atom. The van der Waals surface area contributed by atoms with Gasteiger partial charge in [0.1, 0.15) is 12.4 Å². The van der Waals surface area contributed by atoms with Crippen LogP contribution in [0.4, 0.5) is 5.82 Å². The number of pyridine rings is 1. The molecule has 1 aromatic heterocycles. The number of primary amides is 1. The van der Waals surface area contributed by atoms with Crippen LogP contribution in [0.3, 0.4) is 0 Å². The first kappa shape index (κ1) is 19.3. The molecule has 7 heteroatoms. The monoisotopic (exact) mass is 401 g/mol. The molecular weight excluding hydrogens is 382 g/mol. The fourth-order valence-corrected chi connectivity index (χ4v) is 3.60. The highest BCUT2D eigenvalue weighted by atomic mass is 16.5. The zero-order valence-corrected chi connectivity index (χ0v) is 16.5. The third-order valence-electron chi connectivity index (χ3n) is 5.02. The van der Waals surface area contributed by atoms with E-state index >= 15 is 0 Å². The van der Waals surface area contributed by atoms with Gasteiger partial charge in [0, 0.05) is 5.56 Å². The number of benzene rings is 2. The average Bonchev–Trinajstić information content (AvgIpc) is 2.98. The Hall–Kier alpha value is -4.00.